The summed E-state index contributed by atoms with van der Waals surface area (Å²) in [6.45, 7) is 0.167. The van der Waals surface area contributed by atoms with E-state index in [-0.39, 0.29) is 24.4 Å². The van der Waals surface area contributed by atoms with Gasteiger partial charge < -0.3 is 20.1 Å². The highest BCUT2D eigenvalue weighted by Crippen LogP contribution is 2.34. The second-order valence-corrected chi connectivity index (χ2v) is 7.40. The monoisotopic (exact) mass is 431 g/mol. The Hall–Kier alpha value is -3.96. The number of terminal acetylenes is 1. The fourth-order valence-electron chi connectivity index (χ4n) is 2.87. The van der Waals surface area contributed by atoms with E-state index in [1.807, 2.05) is 0 Å². The quantitative estimate of drug-likeness (QED) is 0.456. The topological polar surface area (TPSA) is 89.6 Å². The van der Waals surface area contributed by atoms with Gasteiger partial charge in [-0.2, -0.15) is 0 Å². The maximum atomic E-state index is 12.7. The highest BCUT2D eigenvalue weighted by molar-refractivity contribution is 8.00. The van der Waals surface area contributed by atoms with Gasteiger partial charge in [0.15, 0.2) is 11.5 Å². The SMILES string of the molecule is C#Cc1cccc(NC(=O)c2cccnc2SCC(=O)Nc2ccc3c(c2)OCO3)c1. The summed E-state index contributed by atoms with van der Waals surface area (Å²) in [4.78, 5) is 29.4. The number of carbonyl (C=O) groups is 2. The Labute approximate surface area is 183 Å². The van der Waals surface area contributed by atoms with Gasteiger partial charge in [0.25, 0.3) is 5.91 Å². The molecule has 8 heteroatoms. The molecule has 0 atom stereocenters. The molecule has 1 aromatic heterocycles. The van der Waals surface area contributed by atoms with Gasteiger partial charge in [-0.05, 0) is 42.5 Å². The van der Waals surface area contributed by atoms with Crippen molar-refractivity contribution in [2.24, 2.45) is 0 Å². The van der Waals surface area contributed by atoms with Crippen LogP contribution in [0.3, 0.4) is 0 Å². The molecule has 31 heavy (non-hydrogen) atoms. The van der Waals surface area contributed by atoms with Crippen molar-refractivity contribution in [1.29, 1.82) is 0 Å². The van der Waals surface area contributed by atoms with Gasteiger partial charge in [0.2, 0.25) is 12.7 Å². The van der Waals surface area contributed by atoms with Gasteiger partial charge in [0.1, 0.15) is 5.03 Å². The molecule has 0 fully saturated rings. The smallest absolute Gasteiger partial charge is 0.258 e. The highest BCUT2D eigenvalue weighted by atomic mass is 32.2. The molecule has 2 amide bonds. The maximum Gasteiger partial charge on any atom is 0.258 e. The molecule has 154 valence electrons. The summed E-state index contributed by atoms with van der Waals surface area (Å²) < 4.78 is 10.6. The molecule has 2 heterocycles. The first-order chi connectivity index (χ1) is 15.1. The standard InChI is InChI=1S/C23H17N3O4S/c1-2-15-5-3-6-16(11-15)26-22(28)18-7-4-10-24-23(18)31-13-21(27)25-17-8-9-19-20(12-17)30-14-29-19/h1,3-12H,13-14H2,(H,25,27)(H,26,28). The van der Waals surface area contributed by atoms with Gasteiger partial charge in [-0.1, -0.05) is 23.7 Å². The van der Waals surface area contributed by atoms with E-state index in [9.17, 15) is 9.59 Å². The first-order valence-electron chi connectivity index (χ1n) is 9.28. The molecule has 0 spiro atoms. The summed E-state index contributed by atoms with van der Waals surface area (Å²) >= 11 is 1.17. The number of carbonyl (C=O) groups excluding carboxylic acids is 2. The van der Waals surface area contributed by atoms with Gasteiger partial charge >= 0.3 is 0 Å². The molecule has 0 bridgehead atoms. The maximum absolute atomic E-state index is 12.7. The number of rotatable bonds is 6. The van der Waals surface area contributed by atoms with Crippen LogP contribution >= 0.6 is 11.8 Å². The predicted octanol–water partition coefficient (Wildman–Crippen LogP) is 3.77. The van der Waals surface area contributed by atoms with Crippen LogP contribution in [0.4, 0.5) is 11.4 Å². The Morgan fingerprint density at radius 1 is 1.03 bits per heavy atom. The molecule has 0 unspecified atom stereocenters. The van der Waals surface area contributed by atoms with Crippen LogP contribution in [0.5, 0.6) is 11.5 Å². The summed E-state index contributed by atoms with van der Waals surface area (Å²) in [5, 5.41) is 6.06. The van der Waals surface area contributed by atoms with E-state index in [0.29, 0.717) is 39.0 Å². The van der Waals surface area contributed by atoms with Crippen LogP contribution in [0.25, 0.3) is 0 Å². The van der Waals surface area contributed by atoms with Crippen molar-refractivity contribution >= 4 is 35.0 Å². The van der Waals surface area contributed by atoms with Crippen LogP contribution in [0.1, 0.15) is 15.9 Å². The van der Waals surface area contributed by atoms with Crippen molar-refractivity contribution in [1.82, 2.24) is 4.98 Å². The number of fused-ring (bicyclic) bond motifs is 1. The van der Waals surface area contributed by atoms with E-state index in [1.54, 1.807) is 60.8 Å². The van der Waals surface area contributed by atoms with Gasteiger partial charge in [-0.15, -0.1) is 6.42 Å². The zero-order valence-corrected chi connectivity index (χ0v) is 17.1. The van der Waals surface area contributed by atoms with Gasteiger partial charge in [0, 0.05) is 29.2 Å². The summed E-state index contributed by atoms with van der Waals surface area (Å²) in [6.07, 6.45) is 6.98. The fraction of sp³-hybridized carbons (Fsp3) is 0.0870. The van der Waals surface area contributed by atoms with Crippen LogP contribution in [0.15, 0.2) is 65.8 Å². The van der Waals surface area contributed by atoms with E-state index in [1.165, 1.54) is 11.8 Å². The number of ether oxygens (including phenoxy) is 2. The fourth-order valence-corrected chi connectivity index (χ4v) is 3.66. The van der Waals surface area contributed by atoms with Crippen LogP contribution in [0.2, 0.25) is 0 Å². The van der Waals surface area contributed by atoms with Crippen LogP contribution in [-0.2, 0) is 4.79 Å². The normalized spacial score (nSPS) is 11.5. The zero-order valence-electron chi connectivity index (χ0n) is 16.3. The van der Waals surface area contributed by atoms with E-state index in [2.05, 4.69) is 21.5 Å². The van der Waals surface area contributed by atoms with E-state index >= 15 is 0 Å². The van der Waals surface area contributed by atoms with Gasteiger partial charge in [-0.3, -0.25) is 9.59 Å². The van der Waals surface area contributed by atoms with E-state index < -0.39 is 0 Å². The Morgan fingerprint density at radius 2 is 1.87 bits per heavy atom. The molecule has 2 N–H and O–H groups in total. The first kappa shape index (κ1) is 20.3. The lowest BCUT2D eigenvalue weighted by molar-refractivity contribution is -0.113. The third-order valence-electron chi connectivity index (χ3n) is 4.30. The van der Waals surface area contributed by atoms with Crippen molar-refractivity contribution < 1.29 is 19.1 Å². The van der Waals surface area contributed by atoms with Crippen molar-refractivity contribution in [3.8, 4) is 23.8 Å². The summed E-state index contributed by atoms with van der Waals surface area (Å²) in [5.41, 5.74) is 2.22. The molecule has 3 aromatic rings. The number of anilines is 2. The molecule has 0 saturated carbocycles. The summed E-state index contributed by atoms with van der Waals surface area (Å²) in [6, 6.07) is 15.5. The second-order valence-electron chi connectivity index (χ2n) is 6.44. The molecule has 1 aliphatic heterocycles. The molecule has 0 saturated heterocycles. The summed E-state index contributed by atoms with van der Waals surface area (Å²) in [5.74, 6) is 3.28. The molecular weight excluding hydrogens is 414 g/mol. The Balaban J connectivity index is 1.39. The van der Waals surface area contributed by atoms with Crippen molar-refractivity contribution in [3.63, 3.8) is 0 Å². The molecule has 0 radical (unpaired) electrons. The molecular formula is C23H17N3O4S. The van der Waals surface area contributed by atoms with Gasteiger partial charge in [0.05, 0.1) is 11.3 Å². The molecule has 1 aliphatic rings. The lowest BCUT2D eigenvalue weighted by Crippen LogP contribution is -2.16. The van der Waals surface area contributed by atoms with Crippen LogP contribution < -0.4 is 20.1 Å². The van der Waals surface area contributed by atoms with E-state index in [0.717, 1.165) is 0 Å². The minimum atomic E-state index is -0.332. The Bertz CT molecular complexity index is 1190. The number of aromatic nitrogens is 1. The number of thioether (sulfide) groups is 1. The number of amides is 2. The van der Waals surface area contributed by atoms with Gasteiger partial charge in [-0.25, -0.2) is 4.98 Å². The number of pyridine rings is 1. The first-order valence-corrected chi connectivity index (χ1v) is 10.3. The summed E-state index contributed by atoms with van der Waals surface area (Å²) in [7, 11) is 0. The number of hydrogen-bond acceptors (Lipinski definition) is 6. The predicted molar refractivity (Wildman–Crippen MR) is 118 cm³/mol. The minimum absolute atomic E-state index is 0.0817. The lowest BCUT2D eigenvalue weighted by atomic mass is 10.2. The third kappa shape index (κ3) is 4.97. The lowest BCUT2D eigenvalue weighted by Gasteiger charge is -2.10. The average Bonchev–Trinajstić information content (AvgIpc) is 3.26. The molecule has 7 nitrogen and oxygen atoms in total. The number of benzene rings is 2. The second kappa shape index (κ2) is 9.24. The number of hydrogen-bond donors (Lipinski definition) is 2. The average molecular weight is 431 g/mol. The number of nitrogens with one attached hydrogen (secondary N) is 2. The zero-order chi connectivity index (χ0) is 21.6. The van der Waals surface area contributed by atoms with Crippen molar-refractivity contribution in [3.05, 3.63) is 71.9 Å². The highest BCUT2D eigenvalue weighted by Gasteiger charge is 2.16. The van der Waals surface area contributed by atoms with Crippen LogP contribution in [-0.4, -0.2) is 29.3 Å². The Morgan fingerprint density at radius 3 is 2.74 bits per heavy atom. The molecule has 0 aliphatic carbocycles. The molecule has 2 aromatic carbocycles. The van der Waals surface area contributed by atoms with Crippen molar-refractivity contribution in [2.75, 3.05) is 23.2 Å². The van der Waals surface area contributed by atoms with Crippen LogP contribution in [0, 0.1) is 12.3 Å². The molecule has 4 rings (SSSR count). The number of nitrogens with zero attached hydrogens (tertiary/aromatic N) is 1. The minimum Gasteiger partial charge on any atom is -0.454 e. The Kier molecular flexibility index (Phi) is 6.05. The largest absolute Gasteiger partial charge is 0.454 e. The van der Waals surface area contributed by atoms with E-state index in [4.69, 9.17) is 15.9 Å². The van der Waals surface area contributed by atoms with Crippen molar-refractivity contribution in [2.45, 2.75) is 5.03 Å². The third-order valence-corrected chi connectivity index (χ3v) is 5.30.